The van der Waals surface area contributed by atoms with Crippen LogP contribution < -0.4 is 19.7 Å². The molecule has 1 N–H and O–H groups in total. The van der Waals surface area contributed by atoms with E-state index in [4.69, 9.17) is 9.47 Å². The lowest BCUT2D eigenvalue weighted by Gasteiger charge is -2.22. The monoisotopic (exact) mass is 384 g/mol. The van der Waals surface area contributed by atoms with Gasteiger partial charge in [-0.1, -0.05) is 6.07 Å². The van der Waals surface area contributed by atoms with Crippen LogP contribution in [0.4, 0.5) is 11.4 Å². The molecular formula is C20H20N2O4S. The Morgan fingerprint density at radius 1 is 1.15 bits per heavy atom. The molecule has 6 nitrogen and oxygen atoms in total. The quantitative estimate of drug-likeness (QED) is 0.820. The van der Waals surface area contributed by atoms with Crippen LogP contribution in [-0.4, -0.2) is 37.8 Å². The Bertz CT molecular complexity index is 886. The highest BCUT2D eigenvalue weighted by Gasteiger charge is 2.35. The van der Waals surface area contributed by atoms with Gasteiger partial charge in [0.15, 0.2) is 11.5 Å². The predicted molar refractivity (Wildman–Crippen MR) is 105 cm³/mol. The van der Waals surface area contributed by atoms with E-state index in [1.807, 2.05) is 36.6 Å². The Balaban J connectivity index is 1.46. The van der Waals surface area contributed by atoms with Crippen molar-refractivity contribution in [3.8, 4) is 11.5 Å². The van der Waals surface area contributed by atoms with Crippen molar-refractivity contribution in [1.29, 1.82) is 0 Å². The first-order chi connectivity index (χ1) is 13.1. The fourth-order valence-electron chi connectivity index (χ4n) is 3.28. The lowest BCUT2D eigenvalue weighted by atomic mass is 10.1. The van der Waals surface area contributed by atoms with E-state index in [-0.39, 0.29) is 24.2 Å². The van der Waals surface area contributed by atoms with E-state index >= 15 is 0 Å². The van der Waals surface area contributed by atoms with Gasteiger partial charge in [-0.2, -0.15) is 0 Å². The number of amides is 2. The molecule has 0 aliphatic carbocycles. The van der Waals surface area contributed by atoms with Crippen LogP contribution in [0.5, 0.6) is 11.5 Å². The van der Waals surface area contributed by atoms with E-state index < -0.39 is 0 Å². The fraction of sp³-hybridized carbons (Fsp3) is 0.300. The van der Waals surface area contributed by atoms with Gasteiger partial charge in [-0.15, -0.1) is 11.8 Å². The van der Waals surface area contributed by atoms with Crippen molar-refractivity contribution in [3.63, 3.8) is 0 Å². The molecule has 27 heavy (non-hydrogen) atoms. The van der Waals surface area contributed by atoms with Crippen LogP contribution in [0.3, 0.4) is 0 Å². The number of rotatable bonds is 4. The average molecular weight is 384 g/mol. The molecule has 2 amide bonds. The summed E-state index contributed by atoms with van der Waals surface area (Å²) in [5, 5.41) is 2.93. The van der Waals surface area contributed by atoms with Gasteiger partial charge >= 0.3 is 0 Å². The van der Waals surface area contributed by atoms with Crippen LogP contribution in [-0.2, 0) is 9.59 Å². The molecule has 2 aromatic rings. The molecule has 0 aromatic heterocycles. The average Bonchev–Trinajstić information content (AvgIpc) is 3.09. The van der Waals surface area contributed by atoms with Gasteiger partial charge in [-0.25, -0.2) is 0 Å². The van der Waals surface area contributed by atoms with Gasteiger partial charge in [0, 0.05) is 35.3 Å². The normalized spacial score (nSPS) is 18.5. The molecule has 0 spiro atoms. The van der Waals surface area contributed by atoms with Crippen LogP contribution in [0, 0.1) is 5.92 Å². The third-order valence-electron chi connectivity index (χ3n) is 4.67. The van der Waals surface area contributed by atoms with E-state index in [9.17, 15) is 9.59 Å². The molecule has 2 aliphatic rings. The molecule has 0 unspecified atom stereocenters. The van der Waals surface area contributed by atoms with E-state index in [0.717, 1.165) is 16.3 Å². The standard InChI is InChI=1S/C20H20N2O4S/c1-27-16-4-2-3-14(10-16)21-20(24)13-9-19(23)22(12-13)15-5-6-17-18(11-15)26-8-7-25-17/h2-6,10-11,13H,7-9,12H2,1H3,(H,21,24)/t13-/m0/s1. The molecule has 7 heteroatoms. The third-order valence-corrected chi connectivity index (χ3v) is 5.40. The number of carbonyl (C=O) groups excluding carboxylic acids is 2. The molecule has 0 bridgehead atoms. The van der Waals surface area contributed by atoms with Gasteiger partial charge in [0.2, 0.25) is 11.8 Å². The summed E-state index contributed by atoms with van der Waals surface area (Å²) in [5.74, 6) is 0.725. The van der Waals surface area contributed by atoms with Gasteiger partial charge in [0.25, 0.3) is 0 Å². The van der Waals surface area contributed by atoms with Crippen LogP contribution >= 0.6 is 11.8 Å². The highest BCUT2D eigenvalue weighted by atomic mass is 32.2. The van der Waals surface area contributed by atoms with Crippen molar-refractivity contribution in [2.75, 3.05) is 36.2 Å². The lowest BCUT2D eigenvalue weighted by molar-refractivity contribution is -0.122. The summed E-state index contributed by atoms with van der Waals surface area (Å²) in [7, 11) is 0. The van der Waals surface area contributed by atoms with Crippen molar-refractivity contribution in [2.24, 2.45) is 5.92 Å². The zero-order chi connectivity index (χ0) is 18.8. The predicted octanol–water partition coefficient (Wildman–Crippen LogP) is 3.17. The van der Waals surface area contributed by atoms with Gasteiger partial charge in [0.05, 0.1) is 5.92 Å². The van der Waals surface area contributed by atoms with Gasteiger partial charge < -0.3 is 19.7 Å². The highest BCUT2D eigenvalue weighted by molar-refractivity contribution is 7.98. The summed E-state index contributed by atoms with van der Waals surface area (Å²) in [6.07, 6.45) is 2.18. The van der Waals surface area contributed by atoms with Crippen LogP contribution in [0.15, 0.2) is 47.4 Å². The van der Waals surface area contributed by atoms with Crippen molar-refractivity contribution in [1.82, 2.24) is 0 Å². The minimum Gasteiger partial charge on any atom is -0.486 e. The number of ether oxygens (including phenoxy) is 2. The molecule has 2 heterocycles. The van der Waals surface area contributed by atoms with Gasteiger partial charge in [-0.3, -0.25) is 9.59 Å². The second kappa shape index (κ2) is 7.52. The second-order valence-corrected chi connectivity index (χ2v) is 7.33. The first-order valence-electron chi connectivity index (χ1n) is 8.79. The number of nitrogens with zero attached hydrogens (tertiary/aromatic N) is 1. The van der Waals surface area contributed by atoms with Crippen molar-refractivity contribution >= 4 is 35.0 Å². The SMILES string of the molecule is CSc1cccc(NC(=O)[C@H]2CC(=O)N(c3ccc4c(c3)OCCO4)C2)c1. The van der Waals surface area contributed by atoms with E-state index in [2.05, 4.69) is 5.32 Å². The number of benzene rings is 2. The molecule has 0 radical (unpaired) electrons. The maximum absolute atomic E-state index is 12.6. The second-order valence-electron chi connectivity index (χ2n) is 6.45. The summed E-state index contributed by atoms with van der Waals surface area (Å²) in [4.78, 5) is 27.8. The largest absolute Gasteiger partial charge is 0.486 e. The smallest absolute Gasteiger partial charge is 0.229 e. The summed E-state index contributed by atoms with van der Waals surface area (Å²) < 4.78 is 11.1. The first kappa shape index (κ1) is 17.7. The molecule has 1 atom stereocenters. The van der Waals surface area contributed by atoms with Crippen LogP contribution in [0.1, 0.15) is 6.42 Å². The van der Waals surface area contributed by atoms with Gasteiger partial charge in [0.1, 0.15) is 13.2 Å². The number of carbonyl (C=O) groups is 2. The summed E-state index contributed by atoms with van der Waals surface area (Å²) in [6.45, 7) is 1.37. The number of hydrogen-bond acceptors (Lipinski definition) is 5. The number of hydrogen-bond donors (Lipinski definition) is 1. The lowest BCUT2D eigenvalue weighted by Crippen LogP contribution is -2.28. The number of nitrogens with one attached hydrogen (secondary N) is 1. The molecule has 0 saturated carbocycles. The maximum atomic E-state index is 12.6. The van der Waals surface area contributed by atoms with Crippen LogP contribution in [0.25, 0.3) is 0 Å². The summed E-state index contributed by atoms with van der Waals surface area (Å²) >= 11 is 1.62. The number of fused-ring (bicyclic) bond motifs is 1. The number of anilines is 2. The van der Waals surface area contributed by atoms with Crippen molar-refractivity contribution < 1.29 is 19.1 Å². The molecule has 2 aliphatic heterocycles. The molecule has 1 saturated heterocycles. The first-order valence-corrected chi connectivity index (χ1v) is 10.0. The van der Waals surface area contributed by atoms with Crippen molar-refractivity contribution in [2.45, 2.75) is 11.3 Å². The fourth-order valence-corrected chi connectivity index (χ4v) is 3.74. The zero-order valence-corrected chi connectivity index (χ0v) is 15.8. The summed E-state index contributed by atoms with van der Waals surface area (Å²) in [5.41, 5.74) is 1.47. The van der Waals surface area contributed by atoms with E-state index in [1.165, 1.54) is 0 Å². The maximum Gasteiger partial charge on any atom is 0.229 e. The van der Waals surface area contributed by atoms with E-state index in [1.54, 1.807) is 28.8 Å². The molecular weight excluding hydrogens is 364 g/mol. The molecule has 2 aromatic carbocycles. The topological polar surface area (TPSA) is 67.9 Å². The van der Waals surface area contributed by atoms with Gasteiger partial charge in [-0.05, 0) is 36.6 Å². The Morgan fingerprint density at radius 3 is 2.78 bits per heavy atom. The Hall–Kier alpha value is -2.67. The zero-order valence-electron chi connectivity index (χ0n) is 14.9. The Morgan fingerprint density at radius 2 is 1.96 bits per heavy atom. The third kappa shape index (κ3) is 3.73. The minimum absolute atomic E-state index is 0.0651. The highest BCUT2D eigenvalue weighted by Crippen LogP contribution is 2.36. The molecule has 1 fully saturated rings. The van der Waals surface area contributed by atoms with E-state index in [0.29, 0.717) is 31.3 Å². The Kier molecular flexibility index (Phi) is 4.94. The number of thioether (sulfide) groups is 1. The summed E-state index contributed by atoms with van der Waals surface area (Å²) in [6, 6.07) is 13.1. The molecule has 4 rings (SSSR count). The molecule has 140 valence electrons. The minimum atomic E-state index is -0.386. The van der Waals surface area contributed by atoms with Crippen LogP contribution in [0.2, 0.25) is 0 Å². The van der Waals surface area contributed by atoms with Crippen molar-refractivity contribution in [3.05, 3.63) is 42.5 Å². The Labute approximate surface area is 161 Å².